The highest BCUT2D eigenvalue weighted by Gasteiger charge is 2.35. The minimum absolute atomic E-state index is 0.117. The van der Waals surface area contributed by atoms with E-state index in [9.17, 15) is 19.5 Å². The van der Waals surface area contributed by atoms with E-state index >= 15 is 0 Å². The van der Waals surface area contributed by atoms with Crippen LogP contribution < -0.4 is 20.7 Å². The minimum atomic E-state index is -0.992. The largest absolute Gasteiger partial charge is 0.483 e. The third-order valence-corrected chi connectivity index (χ3v) is 8.41. The Morgan fingerprint density at radius 3 is 2.09 bits per heavy atom. The SMILES string of the molecule is Cc1cccc(C)c1OCC(=O)N[C@H](Cc1ccccc1)[C@H](O)C[C@@H](Cc1ccccc1)NC(=O)[C@H](C(C)C)N1CCCNC1=O. The first-order valence-corrected chi connectivity index (χ1v) is 16.2. The molecule has 1 heterocycles. The molecule has 9 heteroatoms. The second-order valence-electron chi connectivity index (χ2n) is 12.5. The maximum absolute atomic E-state index is 13.8. The number of aliphatic hydroxyl groups is 1. The van der Waals surface area contributed by atoms with Crippen molar-refractivity contribution in [1.29, 1.82) is 0 Å². The van der Waals surface area contributed by atoms with Crippen LogP contribution in [0.5, 0.6) is 5.75 Å². The smallest absolute Gasteiger partial charge is 0.318 e. The Morgan fingerprint density at radius 1 is 0.891 bits per heavy atom. The maximum atomic E-state index is 13.8. The number of carbonyl (C=O) groups is 3. The number of urea groups is 1. The predicted octanol–water partition coefficient (Wildman–Crippen LogP) is 4.33. The summed E-state index contributed by atoms with van der Waals surface area (Å²) in [6.07, 6.45) is 0.831. The molecule has 1 fully saturated rings. The molecule has 4 amide bonds. The zero-order valence-corrected chi connectivity index (χ0v) is 27.4. The first kappa shape index (κ1) is 34.5. The van der Waals surface area contributed by atoms with Crippen molar-refractivity contribution in [2.75, 3.05) is 19.7 Å². The number of nitrogens with one attached hydrogen (secondary N) is 3. The fourth-order valence-corrected chi connectivity index (χ4v) is 6.12. The monoisotopic (exact) mass is 628 g/mol. The molecule has 0 unspecified atom stereocenters. The molecule has 1 saturated heterocycles. The van der Waals surface area contributed by atoms with Gasteiger partial charge in [-0.2, -0.15) is 0 Å². The molecule has 0 bridgehead atoms. The summed E-state index contributed by atoms with van der Waals surface area (Å²) in [7, 11) is 0. The Kier molecular flexibility index (Phi) is 12.6. The van der Waals surface area contributed by atoms with E-state index in [1.165, 1.54) is 0 Å². The lowest BCUT2D eigenvalue weighted by molar-refractivity contribution is -0.128. The lowest BCUT2D eigenvalue weighted by Gasteiger charge is -2.37. The zero-order chi connectivity index (χ0) is 33.1. The summed E-state index contributed by atoms with van der Waals surface area (Å²) in [6, 6.07) is 23.3. The topological polar surface area (TPSA) is 120 Å². The molecule has 4 atom stereocenters. The summed E-state index contributed by atoms with van der Waals surface area (Å²) in [6.45, 7) is 8.63. The van der Waals surface area contributed by atoms with Crippen molar-refractivity contribution in [3.05, 3.63) is 101 Å². The third kappa shape index (κ3) is 9.81. The molecule has 0 radical (unpaired) electrons. The second kappa shape index (κ2) is 16.8. The Labute approximate surface area is 272 Å². The fourth-order valence-electron chi connectivity index (χ4n) is 6.12. The number of rotatable bonds is 15. The van der Waals surface area contributed by atoms with Crippen LogP contribution in [0, 0.1) is 19.8 Å². The van der Waals surface area contributed by atoms with Gasteiger partial charge >= 0.3 is 6.03 Å². The van der Waals surface area contributed by atoms with Gasteiger partial charge in [0.2, 0.25) is 5.91 Å². The van der Waals surface area contributed by atoms with Gasteiger partial charge in [0, 0.05) is 19.1 Å². The van der Waals surface area contributed by atoms with Gasteiger partial charge in [0.25, 0.3) is 5.91 Å². The summed E-state index contributed by atoms with van der Waals surface area (Å²) in [4.78, 5) is 41.3. The van der Waals surface area contributed by atoms with Crippen molar-refractivity contribution in [2.24, 2.45) is 5.92 Å². The number of hydrogen-bond acceptors (Lipinski definition) is 5. The fraction of sp³-hybridized carbons (Fsp3) is 0.432. The standard InChI is InChI=1S/C37H48N4O5/c1-25(2)34(41-20-12-19-38-37(41)45)36(44)39-30(21-28-15-7-5-8-16-28)23-32(42)31(22-29-17-9-6-10-18-29)40-33(43)24-46-35-26(3)13-11-14-27(35)4/h5-11,13-18,25,30-32,34,42H,12,19-24H2,1-4H3,(H,38,45)(H,39,44)(H,40,43)/t30-,31-,32-,34+/m1/s1. The van der Waals surface area contributed by atoms with Crippen LogP contribution in [0.15, 0.2) is 78.9 Å². The first-order valence-electron chi connectivity index (χ1n) is 16.2. The molecule has 0 aliphatic carbocycles. The molecular formula is C37H48N4O5. The van der Waals surface area contributed by atoms with E-state index < -0.39 is 24.2 Å². The number of amides is 4. The van der Waals surface area contributed by atoms with E-state index in [1.807, 2.05) is 107 Å². The quantitative estimate of drug-likeness (QED) is 0.200. The van der Waals surface area contributed by atoms with Crippen LogP contribution in [0.2, 0.25) is 0 Å². The highest BCUT2D eigenvalue weighted by Crippen LogP contribution is 2.22. The van der Waals surface area contributed by atoms with E-state index in [1.54, 1.807) is 4.90 Å². The number of aryl methyl sites for hydroxylation is 2. The summed E-state index contributed by atoms with van der Waals surface area (Å²) < 4.78 is 5.90. The van der Waals surface area contributed by atoms with E-state index in [0.29, 0.717) is 31.7 Å². The number of para-hydroxylation sites is 1. The van der Waals surface area contributed by atoms with Crippen molar-refractivity contribution in [2.45, 2.75) is 77.6 Å². The van der Waals surface area contributed by atoms with Gasteiger partial charge in [0.15, 0.2) is 6.61 Å². The molecule has 246 valence electrons. The molecule has 3 aromatic carbocycles. The van der Waals surface area contributed by atoms with Gasteiger partial charge in [-0.15, -0.1) is 0 Å². The summed E-state index contributed by atoms with van der Waals surface area (Å²) in [5.74, 6) is -0.0493. The highest BCUT2D eigenvalue weighted by molar-refractivity contribution is 5.87. The van der Waals surface area contributed by atoms with Crippen LogP contribution in [0.4, 0.5) is 4.79 Å². The van der Waals surface area contributed by atoms with Crippen LogP contribution in [0.3, 0.4) is 0 Å². The average molecular weight is 629 g/mol. The number of hydrogen-bond donors (Lipinski definition) is 4. The number of benzene rings is 3. The van der Waals surface area contributed by atoms with Crippen LogP contribution in [-0.4, -0.2) is 71.8 Å². The molecule has 4 rings (SSSR count). The molecule has 0 saturated carbocycles. The normalized spacial score (nSPS) is 15.8. The Hall–Kier alpha value is -4.37. The van der Waals surface area contributed by atoms with Crippen molar-refractivity contribution in [1.82, 2.24) is 20.9 Å². The van der Waals surface area contributed by atoms with Gasteiger partial charge in [-0.1, -0.05) is 92.7 Å². The van der Waals surface area contributed by atoms with Crippen molar-refractivity contribution >= 4 is 17.8 Å². The Bertz CT molecular complexity index is 1410. The van der Waals surface area contributed by atoms with Gasteiger partial charge in [0.1, 0.15) is 11.8 Å². The first-order chi connectivity index (χ1) is 22.1. The lowest BCUT2D eigenvalue weighted by Crippen LogP contribution is -2.59. The zero-order valence-electron chi connectivity index (χ0n) is 27.4. The van der Waals surface area contributed by atoms with E-state index in [-0.39, 0.29) is 36.8 Å². The van der Waals surface area contributed by atoms with Gasteiger partial charge in [-0.25, -0.2) is 4.79 Å². The Balaban J connectivity index is 1.52. The molecular weight excluding hydrogens is 580 g/mol. The molecule has 9 nitrogen and oxygen atoms in total. The molecule has 3 aromatic rings. The highest BCUT2D eigenvalue weighted by atomic mass is 16.5. The molecule has 1 aliphatic rings. The van der Waals surface area contributed by atoms with Crippen LogP contribution in [0.25, 0.3) is 0 Å². The van der Waals surface area contributed by atoms with Crippen molar-refractivity contribution in [3.63, 3.8) is 0 Å². The molecule has 0 spiro atoms. The number of nitrogens with zero attached hydrogens (tertiary/aromatic N) is 1. The lowest BCUT2D eigenvalue weighted by atomic mass is 9.92. The van der Waals surface area contributed by atoms with E-state index in [4.69, 9.17) is 4.74 Å². The third-order valence-electron chi connectivity index (χ3n) is 8.41. The summed E-state index contributed by atoms with van der Waals surface area (Å²) in [5, 5.41) is 20.7. The van der Waals surface area contributed by atoms with Gasteiger partial charge in [-0.05, 0) is 67.7 Å². The van der Waals surface area contributed by atoms with Gasteiger partial charge in [-0.3, -0.25) is 9.59 Å². The van der Waals surface area contributed by atoms with Gasteiger partial charge < -0.3 is 30.7 Å². The molecule has 0 aromatic heterocycles. The van der Waals surface area contributed by atoms with Crippen molar-refractivity contribution in [3.8, 4) is 5.75 Å². The maximum Gasteiger partial charge on any atom is 0.318 e. The van der Waals surface area contributed by atoms with Crippen LogP contribution in [-0.2, 0) is 22.4 Å². The second-order valence-corrected chi connectivity index (χ2v) is 12.5. The number of ether oxygens (including phenoxy) is 1. The summed E-state index contributed by atoms with van der Waals surface area (Å²) in [5.41, 5.74) is 3.84. The molecule has 4 N–H and O–H groups in total. The van der Waals surface area contributed by atoms with Crippen molar-refractivity contribution < 1.29 is 24.2 Å². The number of aliphatic hydroxyl groups excluding tert-OH is 1. The average Bonchev–Trinajstić information content (AvgIpc) is 3.02. The van der Waals surface area contributed by atoms with Crippen LogP contribution >= 0.6 is 0 Å². The molecule has 1 aliphatic heterocycles. The Morgan fingerprint density at radius 2 is 1.50 bits per heavy atom. The van der Waals surface area contributed by atoms with Gasteiger partial charge in [0.05, 0.1) is 12.1 Å². The molecule has 46 heavy (non-hydrogen) atoms. The van der Waals surface area contributed by atoms with E-state index in [2.05, 4.69) is 16.0 Å². The van der Waals surface area contributed by atoms with Crippen LogP contribution in [0.1, 0.15) is 48.9 Å². The van der Waals surface area contributed by atoms with E-state index in [0.717, 1.165) is 28.7 Å². The number of carbonyl (C=O) groups excluding carboxylic acids is 3. The minimum Gasteiger partial charge on any atom is -0.483 e. The summed E-state index contributed by atoms with van der Waals surface area (Å²) >= 11 is 0. The predicted molar refractivity (Wildman–Crippen MR) is 180 cm³/mol.